The van der Waals surface area contributed by atoms with Gasteiger partial charge in [0.05, 0.1) is 23.0 Å². The number of nitrogens with zero attached hydrogens (tertiary/aromatic N) is 3. The van der Waals surface area contributed by atoms with E-state index in [1.165, 1.54) is 11.0 Å². The maximum absolute atomic E-state index is 13.0. The first-order valence-electron chi connectivity index (χ1n) is 10.2. The highest BCUT2D eigenvalue weighted by molar-refractivity contribution is 5.95. The summed E-state index contributed by atoms with van der Waals surface area (Å²) in [5.41, 5.74) is 4.00. The van der Waals surface area contributed by atoms with Gasteiger partial charge in [-0.25, -0.2) is 14.3 Å². The molecule has 4 rings (SSSR count). The van der Waals surface area contributed by atoms with Gasteiger partial charge in [-0.2, -0.15) is 5.10 Å². The summed E-state index contributed by atoms with van der Waals surface area (Å²) in [7, 11) is 1.62. The van der Waals surface area contributed by atoms with Gasteiger partial charge in [-0.15, -0.1) is 0 Å². The van der Waals surface area contributed by atoms with E-state index < -0.39 is 12.0 Å². The Kier molecular flexibility index (Phi) is 5.89. The number of amides is 2. The van der Waals surface area contributed by atoms with Crippen LogP contribution < -0.4 is 5.32 Å². The van der Waals surface area contributed by atoms with E-state index in [0.717, 1.165) is 11.3 Å². The highest BCUT2D eigenvalue weighted by atomic mass is 16.5. The standard InChI is InChI=1S/C25H24N4O3/c1-4-15-32-24(30)21-17(2)28(3)25(31)26-23(21)20-16-29(19-13-9-6-10-14-19)27-22(20)18-11-7-5-8-12-18/h4-14,16,23H,1,15H2,2-3H3,(H,26,31)/t23-/m0/s1. The van der Waals surface area contributed by atoms with Gasteiger partial charge in [0.1, 0.15) is 6.61 Å². The Bertz CT molecular complexity index is 1180. The second kappa shape index (κ2) is 8.93. The summed E-state index contributed by atoms with van der Waals surface area (Å²) >= 11 is 0. The summed E-state index contributed by atoms with van der Waals surface area (Å²) in [6.45, 7) is 5.42. The highest BCUT2D eigenvalue weighted by Crippen LogP contribution is 2.36. The molecule has 1 N–H and O–H groups in total. The Morgan fingerprint density at radius 3 is 2.47 bits per heavy atom. The molecule has 0 spiro atoms. The molecule has 7 heteroatoms. The maximum atomic E-state index is 13.0. The number of esters is 1. The molecule has 1 aliphatic heterocycles. The van der Waals surface area contributed by atoms with Crippen LogP contribution in [0.2, 0.25) is 0 Å². The van der Waals surface area contributed by atoms with E-state index in [0.29, 0.717) is 22.5 Å². The molecular weight excluding hydrogens is 404 g/mol. The van der Waals surface area contributed by atoms with Gasteiger partial charge in [-0.3, -0.25) is 0 Å². The first kappa shape index (κ1) is 21.1. The molecule has 0 aliphatic carbocycles. The molecule has 0 radical (unpaired) electrons. The Morgan fingerprint density at radius 2 is 1.81 bits per heavy atom. The minimum Gasteiger partial charge on any atom is -0.458 e. The summed E-state index contributed by atoms with van der Waals surface area (Å²) < 4.78 is 7.11. The number of rotatable bonds is 6. The van der Waals surface area contributed by atoms with Crippen molar-refractivity contribution in [3.8, 4) is 16.9 Å². The van der Waals surface area contributed by atoms with Crippen molar-refractivity contribution in [2.75, 3.05) is 13.7 Å². The van der Waals surface area contributed by atoms with Crippen LogP contribution in [0.3, 0.4) is 0 Å². The normalized spacial score (nSPS) is 16.0. The predicted molar refractivity (Wildman–Crippen MR) is 122 cm³/mol. The second-order valence-corrected chi connectivity index (χ2v) is 7.41. The van der Waals surface area contributed by atoms with Crippen molar-refractivity contribution in [1.82, 2.24) is 20.0 Å². The maximum Gasteiger partial charge on any atom is 0.338 e. The zero-order valence-corrected chi connectivity index (χ0v) is 18.0. The van der Waals surface area contributed by atoms with Gasteiger partial charge in [0.15, 0.2) is 0 Å². The Morgan fingerprint density at radius 1 is 1.16 bits per heavy atom. The lowest BCUT2D eigenvalue weighted by molar-refractivity contribution is -0.138. The molecule has 1 aliphatic rings. The molecule has 0 saturated carbocycles. The molecule has 1 aromatic heterocycles. The van der Waals surface area contributed by atoms with Crippen LogP contribution in [0.15, 0.2) is 90.8 Å². The van der Waals surface area contributed by atoms with Crippen molar-refractivity contribution in [2.24, 2.45) is 0 Å². The van der Waals surface area contributed by atoms with Crippen LogP contribution >= 0.6 is 0 Å². The van der Waals surface area contributed by atoms with Crippen LogP contribution in [0.1, 0.15) is 18.5 Å². The van der Waals surface area contributed by atoms with Gasteiger partial charge in [0.25, 0.3) is 0 Å². The number of hydrogen-bond acceptors (Lipinski definition) is 4. The number of para-hydroxylation sites is 1. The van der Waals surface area contributed by atoms with Crippen molar-refractivity contribution in [2.45, 2.75) is 13.0 Å². The van der Waals surface area contributed by atoms with Crippen molar-refractivity contribution < 1.29 is 14.3 Å². The van der Waals surface area contributed by atoms with Gasteiger partial charge in [-0.1, -0.05) is 61.2 Å². The lowest BCUT2D eigenvalue weighted by Crippen LogP contribution is -2.46. The monoisotopic (exact) mass is 428 g/mol. The molecule has 1 atom stereocenters. The molecule has 32 heavy (non-hydrogen) atoms. The largest absolute Gasteiger partial charge is 0.458 e. The van der Waals surface area contributed by atoms with Crippen LogP contribution in [0.4, 0.5) is 4.79 Å². The zero-order valence-electron chi connectivity index (χ0n) is 18.0. The average Bonchev–Trinajstić information content (AvgIpc) is 3.27. The third-order valence-corrected chi connectivity index (χ3v) is 5.43. The summed E-state index contributed by atoms with van der Waals surface area (Å²) in [4.78, 5) is 27.1. The van der Waals surface area contributed by atoms with Crippen LogP contribution in [0.5, 0.6) is 0 Å². The number of benzene rings is 2. The summed E-state index contributed by atoms with van der Waals surface area (Å²) in [6, 6.07) is 18.3. The number of aromatic nitrogens is 2. The number of carbonyl (C=O) groups is 2. The minimum atomic E-state index is -0.719. The van der Waals surface area contributed by atoms with E-state index in [9.17, 15) is 9.59 Å². The van der Waals surface area contributed by atoms with Crippen molar-refractivity contribution in [1.29, 1.82) is 0 Å². The third kappa shape index (κ3) is 3.92. The van der Waals surface area contributed by atoms with Gasteiger partial charge in [0.2, 0.25) is 0 Å². The fourth-order valence-electron chi connectivity index (χ4n) is 3.68. The topological polar surface area (TPSA) is 76.5 Å². The minimum absolute atomic E-state index is 0.0782. The summed E-state index contributed by atoms with van der Waals surface area (Å²) in [6.07, 6.45) is 3.36. The molecule has 2 amide bonds. The third-order valence-electron chi connectivity index (χ3n) is 5.43. The lowest BCUT2D eigenvalue weighted by Gasteiger charge is -2.33. The van der Waals surface area contributed by atoms with Crippen molar-refractivity contribution >= 4 is 12.0 Å². The number of nitrogens with one attached hydrogen (secondary N) is 1. The molecule has 0 saturated heterocycles. The smallest absolute Gasteiger partial charge is 0.338 e. The SMILES string of the molecule is C=CCOC(=O)C1=C(C)N(C)C(=O)N[C@H]1c1cn(-c2ccccc2)nc1-c1ccccc1. The predicted octanol–water partition coefficient (Wildman–Crippen LogP) is 4.24. The fourth-order valence-corrected chi connectivity index (χ4v) is 3.68. The molecule has 0 unspecified atom stereocenters. The molecule has 7 nitrogen and oxygen atoms in total. The van der Waals surface area contributed by atoms with E-state index in [-0.39, 0.29) is 12.6 Å². The van der Waals surface area contributed by atoms with Crippen LogP contribution in [0.25, 0.3) is 16.9 Å². The Balaban J connectivity index is 1.89. The van der Waals surface area contributed by atoms with Crippen LogP contribution in [0, 0.1) is 0 Å². The number of ether oxygens (including phenoxy) is 1. The molecule has 3 aromatic rings. The van der Waals surface area contributed by atoms with Gasteiger partial charge in [0, 0.05) is 30.1 Å². The van der Waals surface area contributed by atoms with Crippen molar-refractivity contribution in [3.63, 3.8) is 0 Å². The van der Waals surface area contributed by atoms with Crippen molar-refractivity contribution in [3.05, 3.63) is 96.3 Å². The summed E-state index contributed by atoms with van der Waals surface area (Å²) in [5.74, 6) is -0.509. The number of carbonyl (C=O) groups excluding carboxylic acids is 2. The average molecular weight is 428 g/mol. The molecule has 2 aromatic carbocycles. The number of urea groups is 1. The second-order valence-electron chi connectivity index (χ2n) is 7.41. The van der Waals surface area contributed by atoms with Gasteiger partial charge >= 0.3 is 12.0 Å². The highest BCUT2D eigenvalue weighted by Gasteiger charge is 2.37. The number of hydrogen-bond donors (Lipinski definition) is 1. The first-order chi connectivity index (χ1) is 15.5. The van der Waals surface area contributed by atoms with Crippen LogP contribution in [-0.2, 0) is 9.53 Å². The summed E-state index contributed by atoms with van der Waals surface area (Å²) in [5, 5.41) is 7.76. The van der Waals surface area contributed by atoms with E-state index in [4.69, 9.17) is 9.84 Å². The first-order valence-corrected chi connectivity index (χ1v) is 10.2. The lowest BCUT2D eigenvalue weighted by atomic mass is 9.93. The van der Waals surface area contributed by atoms with Crippen LogP contribution in [-0.4, -0.2) is 40.3 Å². The van der Waals surface area contributed by atoms with E-state index in [1.807, 2.05) is 66.9 Å². The molecule has 0 fully saturated rings. The van der Waals surface area contributed by atoms with E-state index in [1.54, 1.807) is 18.7 Å². The molecule has 0 bridgehead atoms. The Labute approximate surface area is 186 Å². The molecule has 162 valence electrons. The van der Waals surface area contributed by atoms with Gasteiger partial charge < -0.3 is 15.0 Å². The fraction of sp³-hybridized carbons (Fsp3) is 0.160. The van der Waals surface area contributed by atoms with E-state index >= 15 is 0 Å². The Hall–Kier alpha value is -4.13. The molecule has 2 heterocycles. The molecular formula is C25H24N4O3. The van der Waals surface area contributed by atoms with E-state index in [2.05, 4.69) is 11.9 Å². The van der Waals surface area contributed by atoms with Gasteiger partial charge in [-0.05, 0) is 19.1 Å². The zero-order chi connectivity index (χ0) is 22.7. The quantitative estimate of drug-likeness (QED) is 0.471. The number of allylic oxidation sites excluding steroid dienone is 1.